The number of imidazole rings is 1. The normalized spacial score (nSPS) is 11.5. The third kappa shape index (κ3) is 4.12. The molecule has 2 aromatic carbocycles. The lowest BCUT2D eigenvalue weighted by Gasteiger charge is -2.04. The Hall–Kier alpha value is -3.36. The molecule has 0 atom stereocenters. The standard InChI is InChI=1S/C23H15BrN4O2S/c24-20-13-11-16(31-20)10-12-19(29)22-25-17-8-4-5-9-18(17)28(22)14-21-26-27-23(30-21)15-6-2-1-3-7-15/h1-13H,14H2. The molecule has 3 aromatic heterocycles. The smallest absolute Gasteiger partial charge is 0.247 e. The topological polar surface area (TPSA) is 73.8 Å². The predicted molar refractivity (Wildman–Crippen MR) is 124 cm³/mol. The van der Waals surface area contributed by atoms with Gasteiger partial charge in [-0.1, -0.05) is 30.3 Å². The number of allylic oxidation sites excluding steroid dienone is 1. The molecule has 0 amide bonds. The van der Waals surface area contributed by atoms with Crippen molar-refractivity contribution in [1.82, 2.24) is 19.7 Å². The molecule has 0 aliphatic carbocycles. The molecule has 0 bridgehead atoms. The van der Waals surface area contributed by atoms with Crippen LogP contribution in [0.25, 0.3) is 28.6 Å². The Morgan fingerprint density at radius 3 is 2.65 bits per heavy atom. The largest absolute Gasteiger partial charge is 0.419 e. The molecule has 6 nitrogen and oxygen atoms in total. The van der Waals surface area contributed by atoms with E-state index in [0.29, 0.717) is 17.6 Å². The molecule has 0 saturated heterocycles. The van der Waals surface area contributed by atoms with Gasteiger partial charge in [-0.15, -0.1) is 21.5 Å². The molecule has 0 N–H and O–H groups in total. The molecular formula is C23H15BrN4O2S. The maximum atomic E-state index is 13.0. The van der Waals surface area contributed by atoms with Gasteiger partial charge >= 0.3 is 0 Å². The first-order chi connectivity index (χ1) is 15.2. The predicted octanol–water partition coefficient (Wildman–Crippen LogP) is 5.85. The van der Waals surface area contributed by atoms with E-state index >= 15 is 0 Å². The van der Waals surface area contributed by atoms with Crippen LogP contribution in [0.5, 0.6) is 0 Å². The number of aromatic nitrogens is 4. The van der Waals surface area contributed by atoms with Crippen LogP contribution >= 0.6 is 27.3 Å². The number of thiophene rings is 1. The van der Waals surface area contributed by atoms with Crippen LogP contribution in [0.4, 0.5) is 0 Å². The van der Waals surface area contributed by atoms with Gasteiger partial charge in [0.05, 0.1) is 14.8 Å². The number of para-hydroxylation sites is 2. The van der Waals surface area contributed by atoms with E-state index in [9.17, 15) is 4.79 Å². The molecule has 31 heavy (non-hydrogen) atoms. The molecule has 3 heterocycles. The van der Waals surface area contributed by atoms with Crippen LogP contribution in [0.1, 0.15) is 21.4 Å². The lowest BCUT2D eigenvalue weighted by Crippen LogP contribution is -2.10. The average Bonchev–Trinajstić information content (AvgIpc) is 3.52. The summed E-state index contributed by atoms with van der Waals surface area (Å²) in [5, 5.41) is 8.32. The van der Waals surface area contributed by atoms with Gasteiger partial charge in [-0.05, 0) is 64.5 Å². The van der Waals surface area contributed by atoms with Crippen molar-refractivity contribution in [2.24, 2.45) is 0 Å². The van der Waals surface area contributed by atoms with Gasteiger partial charge in [-0.2, -0.15) is 0 Å². The summed E-state index contributed by atoms with van der Waals surface area (Å²) in [6.07, 6.45) is 3.33. The number of benzene rings is 2. The van der Waals surface area contributed by atoms with Gasteiger partial charge in [0.15, 0.2) is 5.82 Å². The van der Waals surface area contributed by atoms with Gasteiger partial charge in [0, 0.05) is 10.4 Å². The fourth-order valence-corrected chi connectivity index (χ4v) is 4.55. The quantitative estimate of drug-likeness (QED) is 0.220. The lowest BCUT2D eigenvalue weighted by molar-refractivity contribution is 0.103. The highest BCUT2D eigenvalue weighted by atomic mass is 79.9. The number of carbonyl (C=O) groups is 1. The molecule has 0 aliphatic heterocycles. The summed E-state index contributed by atoms with van der Waals surface area (Å²) in [4.78, 5) is 18.5. The van der Waals surface area contributed by atoms with E-state index < -0.39 is 0 Å². The number of hydrogen-bond donors (Lipinski definition) is 0. The van der Waals surface area contributed by atoms with Crippen LogP contribution in [-0.2, 0) is 6.54 Å². The fourth-order valence-electron chi connectivity index (χ4n) is 3.22. The van der Waals surface area contributed by atoms with Crippen molar-refractivity contribution in [2.45, 2.75) is 6.54 Å². The highest BCUT2D eigenvalue weighted by Gasteiger charge is 2.18. The fraction of sp³-hybridized carbons (Fsp3) is 0.0435. The van der Waals surface area contributed by atoms with Crippen molar-refractivity contribution >= 4 is 50.2 Å². The molecule has 8 heteroatoms. The molecule has 5 aromatic rings. The summed E-state index contributed by atoms with van der Waals surface area (Å²) in [5.74, 6) is 0.981. The van der Waals surface area contributed by atoms with Crippen molar-refractivity contribution in [3.05, 3.63) is 93.2 Å². The maximum Gasteiger partial charge on any atom is 0.247 e. The zero-order valence-electron chi connectivity index (χ0n) is 16.1. The number of nitrogens with zero attached hydrogens (tertiary/aromatic N) is 4. The zero-order valence-corrected chi connectivity index (χ0v) is 18.5. The second kappa shape index (κ2) is 8.41. The van der Waals surface area contributed by atoms with Crippen molar-refractivity contribution in [3.63, 3.8) is 0 Å². The Balaban J connectivity index is 1.49. The SMILES string of the molecule is O=C(C=Cc1ccc(Br)s1)c1nc2ccccc2n1Cc1nnc(-c2ccccc2)o1. The van der Waals surface area contributed by atoms with Crippen LogP contribution in [0.15, 0.2) is 81.0 Å². The van der Waals surface area contributed by atoms with Crippen LogP contribution in [0, 0.1) is 0 Å². The summed E-state index contributed by atoms with van der Waals surface area (Å²) >= 11 is 4.99. The minimum absolute atomic E-state index is 0.191. The Kier molecular flexibility index (Phi) is 5.31. The van der Waals surface area contributed by atoms with Gasteiger partial charge in [-0.25, -0.2) is 4.98 Å². The van der Waals surface area contributed by atoms with Crippen molar-refractivity contribution in [3.8, 4) is 11.5 Å². The average molecular weight is 491 g/mol. The Morgan fingerprint density at radius 1 is 1.03 bits per heavy atom. The molecule has 0 saturated carbocycles. The number of hydrogen-bond acceptors (Lipinski definition) is 6. The molecule has 152 valence electrons. The molecular weight excluding hydrogens is 476 g/mol. The number of rotatable bonds is 6. The van der Waals surface area contributed by atoms with Gasteiger partial charge < -0.3 is 8.98 Å². The van der Waals surface area contributed by atoms with E-state index in [-0.39, 0.29) is 12.3 Å². The molecule has 0 aliphatic rings. The van der Waals surface area contributed by atoms with Gasteiger partial charge in [0.25, 0.3) is 0 Å². The summed E-state index contributed by atoms with van der Waals surface area (Å²) in [7, 11) is 0. The maximum absolute atomic E-state index is 13.0. The summed E-state index contributed by atoms with van der Waals surface area (Å²) in [6, 6.07) is 21.1. The van der Waals surface area contributed by atoms with Crippen LogP contribution in [-0.4, -0.2) is 25.5 Å². The first-order valence-electron chi connectivity index (χ1n) is 9.48. The number of fused-ring (bicyclic) bond motifs is 1. The second-order valence-electron chi connectivity index (χ2n) is 6.72. The Bertz CT molecular complexity index is 1400. The molecule has 5 rings (SSSR count). The van der Waals surface area contributed by atoms with E-state index in [1.807, 2.05) is 71.3 Å². The lowest BCUT2D eigenvalue weighted by atomic mass is 10.2. The monoisotopic (exact) mass is 490 g/mol. The first kappa shape index (κ1) is 19.6. The summed E-state index contributed by atoms with van der Waals surface area (Å²) in [6.45, 7) is 0.250. The van der Waals surface area contributed by atoms with E-state index in [4.69, 9.17) is 4.42 Å². The molecule has 0 unspecified atom stereocenters. The second-order valence-corrected chi connectivity index (χ2v) is 9.21. The van der Waals surface area contributed by atoms with Gasteiger partial charge in [-0.3, -0.25) is 4.79 Å². The van der Waals surface area contributed by atoms with Gasteiger partial charge in [0.2, 0.25) is 17.6 Å². The van der Waals surface area contributed by atoms with Crippen molar-refractivity contribution in [1.29, 1.82) is 0 Å². The highest BCUT2D eigenvalue weighted by Crippen LogP contribution is 2.24. The zero-order chi connectivity index (χ0) is 21.2. The van der Waals surface area contributed by atoms with E-state index in [1.54, 1.807) is 23.5 Å². The Labute approximate surface area is 190 Å². The van der Waals surface area contributed by atoms with Gasteiger partial charge in [0.1, 0.15) is 6.54 Å². The van der Waals surface area contributed by atoms with Crippen LogP contribution in [0.3, 0.4) is 0 Å². The molecule has 0 spiro atoms. The number of ketones is 1. The summed E-state index contributed by atoms with van der Waals surface area (Å²) in [5.41, 5.74) is 2.41. The third-order valence-corrected chi connectivity index (χ3v) is 6.24. The number of halogens is 1. The molecule has 0 radical (unpaired) electrons. The van der Waals surface area contributed by atoms with Crippen molar-refractivity contribution in [2.75, 3.05) is 0 Å². The minimum Gasteiger partial charge on any atom is -0.419 e. The van der Waals surface area contributed by atoms with Crippen LogP contribution in [0.2, 0.25) is 0 Å². The Morgan fingerprint density at radius 2 is 1.84 bits per heavy atom. The third-order valence-electron chi connectivity index (χ3n) is 4.65. The minimum atomic E-state index is -0.191. The van der Waals surface area contributed by atoms with E-state index in [1.165, 1.54) is 0 Å². The first-order valence-corrected chi connectivity index (χ1v) is 11.1. The van der Waals surface area contributed by atoms with Crippen LogP contribution < -0.4 is 0 Å². The molecule has 0 fully saturated rings. The number of carbonyl (C=O) groups excluding carboxylic acids is 1. The highest BCUT2D eigenvalue weighted by molar-refractivity contribution is 9.11. The van der Waals surface area contributed by atoms with Crippen molar-refractivity contribution < 1.29 is 9.21 Å². The summed E-state index contributed by atoms with van der Waals surface area (Å²) < 4.78 is 8.68. The van der Waals surface area contributed by atoms with E-state index in [2.05, 4.69) is 31.1 Å². The van der Waals surface area contributed by atoms with E-state index in [0.717, 1.165) is 25.3 Å².